The third-order valence-corrected chi connectivity index (χ3v) is 6.48. The molecule has 1 N–H and O–H groups in total. The van der Waals surface area contributed by atoms with Gasteiger partial charge in [0, 0.05) is 12.0 Å². The standard InChI is InChI=1S/C22H24F2N2O4S/c1-31(28,29)25-21-17(23)13-26(22(27)19-10-11-30-19)18(21)12-15-8-5-9-16(20(15)24)14-6-3-2-4-7-14/h2-9,17-19,21,25H,10-13H2,1H3/t17-,18-,19?,21-/m0/s1. The maximum absolute atomic E-state index is 15.4. The van der Waals surface area contributed by atoms with Crippen LogP contribution in [0.3, 0.4) is 0 Å². The smallest absolute Gasteiger partial charge is 0.252 e. The Balaban J connectivity index is 1.67. The zero-order chi connectivity index (χ0) is 22.2. The van der Waals surface area contributed by atoms with Crippen molar-refractivity contribution in [3.63, 3.8) is 0 Å². The van der Waals surface area contributed by atoms with Gasteiger partial charge in [-0.3, -0.25) is 4.79 Å². The fourth-order valence-electron chi connectivity index (χ4n) is 4.18. The Bertz CT molecular complexity index is 1060. The van der Waals surface area contributed by atoms with Crippen molar-refractivity contribution in [3.05, 3.63) is 59.9 Å². The average molecular weight is 451 g/mol. The number of amides is 1. The number of benzene rings is 2. The number of sulfonamides is 1. The number of halogens is 2. The molecule has 0 radical (unpaired) electrons. The SMILES string of the molecule is CS(=O)(=O)N[C@H]1[C@@H](F)CN(C(=O)C2CCO2)[C@H]1Cc1cccc(-c2ccccc2)c1F. The van der Waals surface area contributed by atoms with Gasteiger partial charge in [-0.25, -0.2) is 21.9 Å². The number of alkyl halides is 1. The summed E-state index contributed by atoms with van der Waals surface area (Å²) in [5.41, 5.74) is 1.37. The molecular weight excluding hydrogens is 426 g/mol. The number of nitrogens with zero attached hydrogens (tertiary/aromatic N) is 1. The number of hydrogen-bond donors (Lipinski definition) is 1. The number of hydrogen-bond acceptors (Lipinski definition) is 4. The summed E-state index contributed by atoms with van der Waals surface area (Å²) < 4.78 is 61.5. The van der Waals surface area contributed by atoms with E-state index in [9.17, 15) is 17.6 Å². The third kappa shape index (κ3) is 4.63. The van der Waals surface area contributed by atoms with Crippen LogP contribution in [0.15, 0.2) is 48.5 Å². The lowest BCUT2D eigenvalue weighted by Crippen LogP contribution is -2.53. The number of ether oxygens (including phenoxy) is 1. The van der Waals surface area contributed by atoms with Gasteiger partial charge in [0.1, 0.15) is 18.1 Å². The second kappa shape index (κ2) is 8.64. The highest BCUT2D eigenvalue weighted by atomic mass is 32.2. The van der Waals surface area contributed by atoms with Crippen molar-refractivity contribution in [2.24, 2.45) is 0 Å². The molecule has 6 nitrogen and oxygen atoms in total. The molecule has 0 bridgehead atoms. The molecule has 1 amide bonds. The van der Waals surface area contributed by atoms with E-state index in [4.69, 9.17) is 4.74 Å². The second-order valence-corrected chi connectivity index (χ2v) is 9.77. The summed E-state index contributed by atoms with van der Waals surface area (Å²) >= 11 is 0. The van der Waals surface area contributed by atoms with Gasteiger partial charge in [-0.1, -0.05) is 48.5 Å². The van der Waals surface area contributed by atoms with Crippen LogP contribution in [0.5, 0.6) is 0 Å². The average Bonchev–Trinajstić information content (AvgIpc) is 2.97. The molecule has 2 aromatic rings. The van der Waals surface area contributed by atoms with Crippen LogP contribution in [0, 0.1) is 5.82 Å². The van der Waals surface area contributed by atoms with Crippen molar-refractivity contribution in [1.82, 2.24) is 9.62 Å². The first-order valence-corrected chi connectivity index (χ1v) is 12.0. The Morgan fingerprint density at radius 3 is 2.52 bits per heavy atom. The molecule has 0 spiro atoms. The summed E-state index contributed by atoms with van der Waals surface area (Å²) in [4.78, 5) is 14.1. The van der Waals surface area contributed by atoms with Crippen LogP contribution < -0.4 is 4.72 Å². The highest BCUT2D eigenvalue weighted by Crippen LogP contribution is 2.31. The minimum Gasteiger partial charge on any atom is -0.368 e. The molecule has 0 aromatic heterocycles. The molecule has 2 aliphatic rings. The number of rotatable bonds is 6. The summed E-state index contributed by atoms with van der Waals surface area (Å²) in [6.07, 6.45) is -0.830. The van der Waals surface area contributed by atoms with Crippen molar-refractivity contribution < 1.29 is 26.7 Å². The molecular formula is C22H24F2N2O4S. The predicted octanol–water partition coefficient (Wildman–Crippen LogP) is 2.29. The van der Waals surface area contributed by atoms with E-state index in [-0.39, 0.29) is 18.5 Å². The number of carbonyl (C=O) groups is 1. The van der Waals surface area contributed by atoms with Crippen LogP contribution in [-0.2, 0) is 26.0 Å². The van der Waals surface area contributed by atoms with Crippen molar-refractivity contribution in [2.75, 3.05) is 19.4 Å². The summed E-state index contributed by atoms with van der Waals surface area (Å²) in [5, 5.41) is 0. The van der Waals surface area contributed by atoms with Gasteiger partial charge in [0.2, 0.25) is 10.0 Å². The molecule has 2 aromatic carbocycles. The highest BCUT2D eigenvalue weighted by Gasteiger charge is 2.48. The number of likely N-dealkylation sites (tertiary alicyclic amines) is 1. The lowest BCUT2D eigenvalue weighted by Gasteiger charge is -2.34. The first-order chi connectivity index (χ1) is 14.7. The lowest BCUT2D eigenvalue weighted by molar-refractivity contribution is -0.157. The van der Waals surface area contributed by atoms with Crippen LogP contribution in [0.1, 0.15) is 12.0 Å². The molecule has 2 fully saturated rings. The Hall–Kier alpha value is -2.36. The zero-order valence-corrected chi connectivity index (χ0v) is 17.8. The van der Waals surface area contributed by atoms with Gasteiger partial charge in [0.25, 0.3) is 5.91 Å². The topological polar surface area (TPSA) is 75.7 Å². The lowest BCUT2D eigenvalue weighted by atomic mass is 9.95. The number of nitrogens with one attached hydrogen (secondary N) is 1. The van der Waals surface area contributed by atoms with Crippen LogP contribution >= 0.6 is 0 Å². The van der Waals surface area contributed by atoms with Crippen molar-refractivity contribution in [2.45, 2.75) is 37.2 Å². The summed E-state index contributed by atoms with van der Waals surface area (Å²) in [7, 11) is -3.74. The van der Waals surface area contributed by atoms with Crippen LogP contribution in [-0.4, -0.2) is 63.0 Å². The highest BCUT2D eigenvalue weighted by molar-refractivity contribution is 7.88. The monoisotopic (exact) mass is 450 g/mol. The van der Waals surface area contributed by atoms with Gasteiger partial charge >= 0.3 is 0 Å². The second-order valence-electron chi connectivity index (χ2n) is 7.99. The Morgan fingerprint density at radius 1 is 1.19 bits per heavy atom. The summed E-state index contributed by atoms with van der Waals surface area (Å²) in [6, 6.07) is 11.9. The minimum atomic E-state index is -3.74. The molecule has 0 saturated carbocycles. The van der Waals surface area contributed by atoms with E-state index in [0.29, 0.717) is 24.2 Å². The van der Waals surface area contributed by atoms with Gasteiger partial charge in [0.05, 0.1) is 31.5 Å². The van der Waals surface area contributed by atoms with Crippen molar-refractivity contribution in [3.8, 4) is 11.1 Å². The van der Waals surface area contributed by atoms with E-state index in [2.05, 4.69) is 4.72 Å². The molecule has 2 heterocycles. The number of carbonyl (C=O) groups excluding carboxylic acids is 1. The van der Waals surface area contributed by atoms with E-state index in [1.165, 1.54) is 4.90 Å². The van der Waals surface area contributed by atoms with Crippen LogP contribution in [0.25, 0.3) is 11.1 Å². The van der Waals surface area contributed by atoms with Gasteiger partial charge < -0.3 is 9.64 Å². The molecule has 0 aliphatic carbocycles. The fourth-order valence-corrected chi connectivity index (χ4v) is 4.98. The van der Waals surface area contributed by atoms with Gasteiger partial charge in [-0.15, -0.1) is 0 Å². The Morgan fingerprint density at radius 2 is 1.90 bits per heavy atom. The minimum absolute atomic E-state index is 0.0292. The van der Waals surface area contributed by atoms with Gasteiger partial charge in [0.15, 0.2) is 0 Å². The van der Waals surface area contributed by atoms with Crippen molar-refractivity contribution >= 4 is 15.9 Å². The molecule has 4 atom stereocenters. The molecule has 9 heteroatoms. The summed E-state index contributed by atoms with van der Waals surface area (Å²) in [6.45, 7) is 0.184. The van der Waals surface area contributed by atoms with Gasteiger partial charge in [-0.2, -0.15) is 0 Å². The van der Waals surface area contributed by atoms with Crippen LogP contribution in [0.4, 0.5) is 8.78 Å². The molecule has 166 valence electrons. The van der Waals surface area contributed by atoms with Crippen LogP contribution in [0.2, 0.25) is 0 Å². The fraction of sp³-hybridized carbons (Fsp3) is 0.409. The van der Waals surface area contributed by atoms with Gasteiger partial charge in [-0.05, 0) is 17.5 Å². The molecule has 2 aliphatic heterocycles. The largest absolute Gasteiger partial charge is 0.368 e. The quantitative estimate of drug-likeness (QED) is 0.733. The summed E-state index contributed by atoms with van der Waals surface area (Å²) in [5.74, 6) is -0.863. The van der Waals surface area contributed by atoms with E-state index in [1.54, 1.807) is 42.5 Å². The van der Waals surface area contributed by atoms with E-state index in [1.807, 2.05) is 6.07 Å². The maximum atomic E-state index is 15.4. The third-order valence-electron chi connectivity index (χ3n) is 5.78. The molecule has 2 saturated heterocycles. The molecule has 1 unspecified atom stereocenters. The van der Waals surface area contributed by atoms with Crippen molar-refractivity contribution in [1.29, 1.82) is 0 Å². The normalized spacial score (nSPS) is 26.0. The molecule has 31 heavy (non-hydrogen) atoms. The Kier molecular flexibility index (Phi) is 6.09. The molecule has 4 rings (SSSR count). The predicted molar refractivity (Wildman–Crippen MR) is 112 cm³/mol. The first kappa shape index (κ1) is 21.9. The van der Waals surface area contributed by atoms with E-state index >= 15 is 4.39 Å². The Labute approximate surface area is 180 Å². The van der Waals surface area contributed by atoms with E-state index in [0.717, 1.165) is 6.26 Å². The maximum Gasteiger partial charge on any atom is 0.252 e. The zero-order valence-electron chi connectivity index (χ0n) is 17.0. The first-order valence-electron chi connectivity index (χ1n) is 10.1. The van der Waals surface area contributed by atoms with E-state index < -0.39 is 46.1 Å².